The van der Waals surface area contributed by atoms with Crippen LogP contribution >= 0.6 is 0 Å². The number of carboxylic acid groups (broad SMARTS) is 1. The second-order valence-corrected chi connectivity index (χ2v) is 14.8. The van der Waals surface area contributed by atoms with Crippen LogP contribution in [0.3, 0.4) is 0 Å². The van der Waals surface area contributed by atoms with E-state index in [9.17, 15) is 24.3 Å². The van der Waals surface area contributed by atoms with E-state index in [0.717, 1.165) is 38.5 Å². The number of aliphatic carboxylic acids is 1. The minimum Gasteiger partial charge on any atom is -0.479 e. The summed E-state index contributed by atoms with van der Waals surface area (Å²) in [6.07, 6.45) is 35.7. The van der Waals surface area contributed by atoms with Crippen molar-refractivity contribution in [3.05, 3.63) is 0 Å². The molecule has 0 bridgehead atoms. The van der Waals surface area contributed by atoms with Gasteiger partial charge in [-0.2, -0.15) is 0 Å². The summed E-state index contributed by atoms with van der Waals surface area (Å²) in [6.45, 7) is 4.05. The van der Waals surface area contributed by atoms with Gasteiger partial charge in [-0.15, -0.1) is 0 Å². The van der Waals surface area contributed by atoms with Gasteiger partial charge in [0.15, 0.2) is 6.10 Å². The van der Waals surface area contributed by atoms with Crippen molar-refractivity contribution in [3.8, 4) is 0 Å². The van der Waals surface area contributed by atoms with E-state index in [4.69, 9.17) is 14.2 Å². The molecule has 0 rings (SSSR count). The largest absolute Gasteiger partial charge is 0.479 e. The molecule has 0 saturated carbocycles. The predicted octanol–water partition coefficient (Wildman–Crippen LogP) is 12.0. The fraction of sp³-hybridized carbons (Fsp3) is 0.907. The number of carbonyl (C=O) groups is 4. The lowest BCUT2D eigenvalue weighted by Gasteiger charge is -2.21. The van der Waals surface area contributed by atoms with Gasteiger partial charge in [0, 0.05) is 19.3 Å². The molecule has 0 spiro atoms. The van der Waals surface area contributed by atoms with Crippen molar-refractivity contribution < 1.29 is 38.5 Å². The monoisotopic (exact) mass is 725 g/mol. The Morgan fingerprint density at radius 2 is 0.745 bits per heavy atom. The summed E-state index contributed by atoms with van der Waals surface area (Å²) in [5.41, 5.74) is 0. The lowest BCUT2D eigenvalue weighted by molar-refractivity contribution is -0.168. The van der Waals surface area contributed by atoms with E-state index in [1.165, 1.54) is 154 Å². The molecule has 1 atom stereocenters. The van der Waals surface area contributed by atoms with Crippen LogP contribution in [0.15, 0.2) is 0 Å². The van der Waals surface area contributed by atoms with Gasteiger partial charge in [-0.1, -0.05) is 194 Å². The van der Waals surface area contributed by atoms with E-state index >= 15 is 0 Å². The van der Waals surface area contributed by atoms with E-state index in [0.29, 0.717) is 6.29 Å². The molecule has 0 amide bonds. The molecule has 0 fully saturated rings. The van der Waals surface area contributed by atoms with Crippen LogP contribution in [0.4, 0.5) is 0 Å². The maximum atomic E-state index is 12.4. The van der Waals surface area contributed by atoms with Crippen molar-refractivity contribution in [2.24, 2.45) is 0 Å². The van der Waals surface area contributed by atoms with Gasteiger partial charge in [0.25, 0.3) is 0 Å². The Hall–Kier alpha value is -1.96. The highest BCUT2D eigenvalue weighted by Crippen LogP contribution is 2.16. The average molecular weight is 725 g/mol. The molecular weight excluding hydrogens is 644 g/mol. The molecule has 1 unspecified atom stereocenters. The summed E-state index contributed by atoms with van der Waals surface area (Å²) in [4.78, 5) is 47.2. The molecule has 0 aromatic heterocycles. The lowest BCUT2D eigenvalue weighted by Crippen LogP contribution is -2.36. The maximum absolute atomic E-state index is 12.4. The second-order valence-electron chi connectivity index (χ2n) is 14.8. The molecule has 1 N–H and O–H groups in total. The standard InChI is InChI=1S/C43H80O8/c1-3-5-7-9-11-13-15-17-19-21-23-25-27-29-31-33-41(45)49-37-39(51-40(35-36-44)43(47)48)38-50-42(46)34-32-30-28-26-24-22-20-18-16-14-12-10-8-6-4-2/h36,39-40H,3-35,37-38H2,1-2H3,(H,47,48). The van der Waals surface area contributed by atoms with Gasteiger partial charge < -0.3 is 24.1 Å². The van der Waals surface area contributed by atoms with E-state index in [1.54, 1.807) is 0 Å². The predicted molar refractivity (Wildman–Crippen MR) is 208 cm³/mol. The van der Waals surface area contributed by atoms with Crippen LogP contribution in [0.5, 0.6) is 0 Å². The molecule has 300 valence electrons. The van der Waals surface area contributed by atoms with E-state index in [2.05, 4.69) is 13.8 Å². The van der Waals surface area contributed by atoms with E-state index < -0.39 is 18.2 Å². The van der Waals surface area contributed by atoms with Crippen molar-refractivity contribution in [3.63, 3.8) is 0 Å². The molecule has 0 aromatic rings. The number of unbranched alkanes of at least 4 members (excludes halogenated alkanes) is 28. The van der Waals surface area contributed by atoms with Gasteiger partial charge in [0.2, 0.25) is 0 Å². The molecule has 0 aliphatic carbocycles. The van der Waals surface area contributed by atoms with Gasteiger partial charge in [0.05, 0.1) is 0 Å². The summed E-state index contributed by atoms with van der Waals surface area (Å²) in [6, 6.07) is 0. The van der Waals surface area contributed by atoms with Crippen LogP contribution < -0.4 is 0 Å². The van der Waals surface area contributed by atoms with Gasteiger partial charge in [-0.25, -0.2) is 4.79 Å². The Balaban J connectivity index is 4.06. The fourth-order valence-corrected chi connectivity index (χ4v) is 6.46. The number of ether oxygens (including phenoxy) is 3. The summed E-state index contributed by atoms with van der Waals surface area (Å²) in [7, 11) is 0. The summed E-state index contributed by atoms with van der Waals surface area (Å²) >= 11 is 0. The maximum Gasteiger partial charge on any atom is 0.333 e. The Morgan fingerprint density at radius 3 is 1.00 bits per heavy atom. The van der Waals surface area contributed by atoms with Gasteiger partial charge >= 0.3 is 17.9 Å². The number of rotatable bonds is 41. The molecular formula is C43H80O8. The van der Waals surface area contributed by atoms with Crippen molar-refractivity contribution in [1.82, 2.24) is 0 Å². The number of carboxylic acids is 1. The van der Waals surface area contributed by atoms with Crippen LogP contribution in [0.1, 0.15) is 226 Å². The highest BCUT2D eigenvalue weighted by molar-refractivity contribution is 5.75. The number of hydrogen-bond acceptors (Lipinski definition) is 7. The molecule has 51 heavy (non-hydrogen) atoms. The summed E-state index contributed by atoms with van der Waals surface area (Å²) < 4.78 is 16.3. The zero-order valence-corrected chi connectivity index (χ0v) is 33.3. The molecule has 0 aliphatic heterocycles. The first kappa shape index (κ1) is 49.0. The third-order valence-electron chi connectivity index (χ3n) is 9.77. The second kappa shape index (κ2) is 39.3. The Morgan fingerprint density at radius 1 is 0.471 bits per heavy atom. The molecule has 8 nitrogen and oxygen atoms in total. The number of esters is 2. The number of hydrogen-bond donors (Lipinski definition) is 1. The van der Waals surface area contributed by atoms with Crippen molar-refractivity contribution in [2.45, 2.75) is 238 Å². The molecule has 0 heterocycles. The fourth-order valence-electron chi connectivity index (χ4n) is 6.46. The van der Waals surface area contributed by atoms with Crippen LogP contribution in [-0.4, -0.2) is 54.7 Å². The Bertz CT molecular complexity index is 751. The van der Waals surface area contributed by atoms with E-state index in [-0.39, 0.29) is 44.4 Å². The summed E-state index contributed by atoms with van der Waals surface area (Å²) in [5, 5.41) is 9.41. The average Bonchev–Trinajstić information content (AvgIpc) is 3.12. The smallest absolute Gasteiger partial charge is 0.333 e. The highest BCUT2D eigenvalue weighted by atomic mass is 16.6. The SMILES string of the molecule is CCCCCCCCCCCCCCCCCC(=O)OCC(COC(=O)CCCCCCCCCCCCCCCCC)OC(CC=O)C(=O)O. The van der Waals surface area contributed by atoms with Crippen molar-refractivity contribution >= 4 is 24.2 Å². The minimum absolute atomic E-state index is 0.230. The van der Waals surface area contributed by atoms with Crippen LogP contribution in [0, 0.1) is 0 Å². The van der Waals surface area contributed by atoms with Crippen LogP contribution in [0.2, 0.25) is 0 Å². The zero-order valence-electron chi connectivity index (χ0n) is 33.3. The Kier molecular flexibility index (Phi) is 37.7. The van der Waals surface area contributed by atoms with Gasteiger partial charge in [0.1, 0.15) is 25.6 Å². The first-order valence-electron chi connectivity index (χ1n) is 21.6. The molecule has 0 aliphatic rings. The Labute approximate surface area is 313 Å². The topological polar surface area (TPSA) is 116 Å². The van der Waals surface area contributed by atoms with Gasteiger partial charge in [-0.3, -0.25) is 9.59 Å². The molecule has 8 heteroatoms. The third-order valence-corrected chi connectivity index (χ3v) is 9.77. The number of aldehydes is 1. The lowest BCUT2D eigenvalue weighted by atomic mass is 10.0. The van der Waals surface area contributed by atoms with Crippen LogP contribution in [0.25, 0.3) is 0 Å². The first-order chi connectivity index (χ1) is 24.9. The van der Waals surface area contributed by atoms with E-state index in [1.807, 2.05) is 0 Å². The quantitative estimate of drug-likeness (QED) is 0.0376. The molecule has 0 saturated heterocycles. The first-order valence-corrected chi connectivity index (χ1v) is 21.6. The number of carbonyl (C=O) groups excluding carboxylic acids is 3. The molecule has 0 aromatic carbocycles. The van der Waals surface area contributed by atoms with Crippen molar-refractivity contribution in [2.75, 3.05) is 13.2 Å². The molecule has 0 radical (unpaired) electrons. The summed E-state index contributed by atoms with van der Waals surface area (Å²) in [5.74, 6) is -2.06. The normalized spacial score (nSPS) is 11.9. The third kappa shape index (κ3) is 36.2. The van der Waals surface area contributed by atoms with Gasteiger partial charge in [-0.05, 0) is 12.8 Å². The highest BCUT2D eigenvalue weighted by Gasteiger charge is 2.25. The zero-order chi connectivity index (χ0) is 37.5. The van der Waals surface area contributed by atoms with Crippen molar-refractivity contribution in [1.29, 1.82) is 0 Å². The van der Waals surface area contributed by atoms with Crippen LogP contribution in [-0.2, 0) is 33.4 Å². The minimum atomic E-state index is -1.39.